The number of amides is 1. The van der Waals surface area contributed by atoms with Crippen molar-refractivity contribution in [3.8, 4) is 22.7 Å². The van der Waals surface area contributed by atoms with Crippen molar-refractivity contribution in [2.45, 2.75) is 19.9 Å². The number of hydrogen-bond donors (Lipinski definition) is 2. The molecule has 36 heavy (non-hydrogen) atoms. The molecule has 5 aromatic rings. The van der Waals surface area contributed by atoms with E-state index in [1.165, 1.54) is 6.26 Å². The van der Waals surface area contributed by atoms with Crippen LogP contribution in [0.2, 0.25) is 0 Å². The van der Waals surface area contributed by atoms with Crippen molar-refractivity contribution in [3.63, 3.8) is 0 Å². The Morgan fingerprint density at radius 3 is 2.78 bits per heavy atom. The van der Waals surface area contributed by atoms with Gasteiger partial charge in [0.25, 0.3) is 0 Å². The van der Waals surface area contributed by atoms with E-state index in [4.69, 9.17) is 10.2 Å². The third-order valence-electron chi connectivity index (χ3n) is 6.33. The molecule has 4 aromatic heterocycles. The second kappa shape index (κ2) is 8.45. The first kappa shape index (κ1) is 21.7. The zero-order valence-electron chi connectivity index (χ0n) is 19.8. The van der Waals surface area contributed by atoms with Crippen LogP contribution in [0.5, 0.6) is 0 Å². The van der Waals surface area contributed by atoms with Crippen molar-refractivity contribution in [3.05, 3.63) is 60.2 Å². The highest BCUT2D eigenvalue weighted by Crippen LogP contribution is 2.32. The number of pyridine rings is 1. The van der Waals surface area contributed by atoms with E-state index in [-0.39, 0.29) is 12.5 Å². The van der Waals surface area contributed by atoms with Crippen LogP contribution in [0.4, 0.5) is 17.3 Å². The highest BCUT2D eigenvalue weighted by atomic mass is 16.3. The summed E-state index contributed by atoms with van der Waals surface area (Å²) in [5.74, 6) is 1.66. The van der Waals surface area contributed by atoms with Crippen LogP contribution < -0.4 is 11.1 Å². The van der Waals surface area contributed by atoms with E-state index in [2.05, 4.69) is 30.6 Å². The third kappa shape index (κ3) is 3.90. The van der Waals surface area contributed by atoms with Crippen LogP contribution in [-0.2, 0) is 17.8 Å². The molecule has 0 saturated carbocycles. The van der Waals surface area contributed by atoms with E-state index in [1.54, 1.807) is 29.0 Å². The molecule has 11 heteroatoms. The Kier molecular flexibility index (Phi) is 5.10. The Bertz CT molecular complexity index is 1610. The molecule has 0 unspecified atom stereocenters. The first-order valence-corrected chi connectivity index (χ1v) is 11.5. The number of nitrogens with two attached hydrogens (primary N) is 1. The number of oxazole rings is 1. The van der Waals surface area contributed by atoms with Crippen LogP contribution in [-0.4, -0.2) is 54.3 Å². The van der Waals surface area contributed by atoms with Crippen molar-refractivity contribution in [1.29, 1.82) is 0 Å². The number of carbonyl (C=O) groups excluding carboxylic acids is 1. The number of fused-ring (bicyclic) bond motifs is 2. The predicted octanol–water partition coefficient (Wildman–Crippen LogP) is 3.19. The number of nitrogens with zero attached hydrogens (tertiary/aromatic N) is 7. The van der Waals surface area contributed by atoms with Crippen molar-refractivity contribution >= 4 is 34.1 Å². The summed E-state index contributed by atoms with van der Waals surface area (Å²) in [6.07, 6.45) is 5.65. The summed E-state index contributed by atoms with van der Waals surface area (Å²) in [5, 5.41) is 17.2. The molecule has 0 radical (unpaired) electrons. The van der Waals surface area contributed by atoms with Gasteiger partial charge in [0.05, 0.1) is 11.9 Å². The number of aryl methyl sites for hydroxylation is 1. The molecule has 0 aliphatic carbocycles. The molecular formula is C25H23N9O2. The number of nitrogens with one attached hydrogen (secondary N) is 1. The Labute approximate surface area is 206 Å². The lowest BCUT2D eigenvalue weighted by molar-refractivity contribution is -0.130. The van der Waals surface area contributed by atoms with Crippen LogP contribution in [0.3, 0.4) is 0 Å². The molecule has 0 atom stereocenters. The van der Waals surface area contributed by atoms with E-state index in [9.17, 15) is 4.79 Å². The van der Waals surface area contributed by atoms with E-state index in [1.807, 2.05) is 37.3 Å². The van der Waals surface area contributed by atoms with Gasteiger partial charge in [-0.3, -0.25) is 14.5 Å². The van der Waals surface area contributed by atoms with Gasteiger partial charge in [-0.15, -0.1) is 10.2 Å². The molecule has 1 aliphatic rings. The molecule has 11 nitrogen and oxygen atoms in total. The number of anilines is 3. The number of benzene rings is 1. The van der Waals surface area contributed by atoms with Gasteiger partial charge in [-0.05, 0) is 42.3 Å². The zero-order valence-corrected chi connectivity index (χ0v) is 19.8. The van der Waals surface area contributed by atoms with Crippen LogP contribution in [0, 0.1) is 6.92 Å². The smallest absolute Gasteiger partial charge is 0.244 e. The molecule has 1 amide bonds. The summed E-state index contributed by atoms with van der Waals surface area (Å²) < 4.78 is 7.09. The maximum atomic E-state index is 12.2. The quantitative estimate of drug-likeness (QED) is 0.370. The van der Waals surface area contributed by atoms with Gasteiger partial charge in [0.2, 0.25) is 11.8 Å². The summed E-state index contributed by atoms with van der Waals surface area (Å²) in [6, 6.07) is 9.64. The van der Waals surface area contributed by atoms with E-state index in [0.29, 0.717) is 41.0 Å². The van der Waals surface area contributed by atoms with Crippen molar-refractivity contribution in [2.75, 3.05) is 24.6 Å². The predicted molar refractivity (Wildman–Crippen MR) is 134 cm³/mol. The monoisotopic (exact) mass is 481 g/mol. The zero-order chi connectivity index (χ0) is 24.8. The minimum Gasteiger partial charge on any atom is -0.443 e. The van der Waals surface area contributed by atoms with Gasteiger partial charge in [0.1, 0.15) is 24.0 Å². The molecule has 6 rings (SSSR count). The van der Waals surface area contributed by atoms with Gasteiger partial charge in [-0.2, -0.15) is 5.10 Å². The second-order valence-electron chi connectivity index (χ2n) is 8.82. The Balaban J connectivity index is 1.31. The van der Waals surface area contributed by atoms with E-state index < -0.39 is 0 Å². The molecule has 0 fully saturated rings. The maximum Gasteiger partial charge on any atom is 0.244 e. The minimum absolute atomic E-state index is 0.0372. The lowest BCUT2D eigenvalue weighted by atomic mass is 9.99. The number of carbonyl (C=O) groups is 1. The van der Waals surface area contributed by atoms with Crippen LogP contribution in [0.25, 0.3) is 33.6 Å². The van der Waals surface area contributed by atoms with E-state index in [0.717, 1.165) is 34.2 Å². The van der Waals surface area contributed by atoms with Crippen molar-refractivity contribution < 1.29 is 9.21 Å². The molecular weight excluding hydrogens is 458 g/mol. The normalized spacial score (nSPS) is 13.6. The highest BCUT2D eigenvalue weighted by molar-refractivity contribution is 5.95. The summed E-state index contributed by atoms with van der Waals surface area (Å²) >= 11 is 0. The lowest BCUT2D eigenvalue weighted by Crippen LogP contribution is -2.29. The first-order chi connectivity index (χ1) is 17.4. The van der Waals surface area contributed by atoms with Crippen LogP contribution >= 0.6 is 0 Å². The Morgan fingerprint density at radius 2 is 1.97 bits per heavy atom. The van der Waals surface area contributed by atoms with Gasteiger partial charge >= 0.3 is 0 Å². The topological polar surface area (TPSA) is 141 Å². The largest absolute Gasteiger partial charge is 0.443 e. The molecule has 3 N–H and O–H groups in total. The first-order valence-electron chi connectivity index (χ1n) is 11.5. The SMILES string of the molecule is Cc1cc(-c2ncco2)ncc1-c1cc(N)c2nnc(Nc3cc4n(n3)CC(=O)N(C)CC4)cc2c1. The number of nitrogen functional groups attached to an aromatic ring is 1. The second-order valence-corrected chi connectivity index (χ2v) is 8.82. The van der Waals surface area contributed by atoms with Gasteiger partial charge in [-0.25, -0.2) is 4.98 Å². The number of likely N-dealkylation sites (N-methyl/N-ethyl adjacent to an activating group) is 1. The molecule has 1 aliphatic heterocycles. The fourth-order valence-corrected chi connectivity index (χ4v) is 4.37. The number of hydrogen-bond acceptors (Lipinski definition) is 9. The maximum absolute atomic E-state index is 12.2. The highest BCUT2D eigenvalue weighted by Gasteiger charge is 2.19. The van der Waals surface area contributed by atoms with Crippen LogP contribution in [0.1, 0.15) is 11.3 Å². The average molecular weight is 482 g/mol. The van der Waals surface area contributed by atoms with Gasteiger partial charge in [0.15, 0.2) is 11.6 Å². The molecule has 0 bridgehead atoms. The molecule has 0 spiro atoms. The average Bonchev–Trinajstić information content (AvgIpc) is 3.50. The van der Waals surface area contributed by atoms with Gasteiger partial charge < -0.3 is 20.4 Å². The van der Waals surface area contributed by atoms with Crippen molar-refractivity contribution in [2.24, 2.45) is 0 Å². The minimum atomic E-state index is 0.0372. The van der Waals surface area contributed by atoms with Crippen molar-refractivity contribution in [1.82, 2.24) is 34.8 Å². The Hall–Kier alpha value is -4.80. The lowest BCUT2D eigenvalue weighted by Gasteiger charge is -2.12. The number of rotatable bonds is 4. The molecule has 0 saturated heterocycles. The summed E-state index contributed by atoms with van der Waals surface area (Å²) in [7, 11) is 1.81. The molecule has 180 valence electrons. The summed E-state index contributed by atoms with van der Waals surface area (Å²) in [5.41, 5.74) is 12.0. The molecule has 1 aromatic carbocycles. The van der Waals surface area contributed by atoms with Gasteiger partial charge in [-0.1, -0.05) is 0 Å². The fraction of sp³-hybridized carbons (Fsp3) is 0.200. The fourth-order valence-electron chi connectivity index (χ4n) is 4.37. The van der Waals surface area contributed by atoms with E-state index >= 15 is 0 Å². The van der Waals surface area contributed by atoms with Gasteiger partial charge in [0, 0.05) is 48.9 Å². The Morgan fingerprint density at radius 1 is 1.08 bits per heavy atom. The summed E-state index contributed by atoms with van der Waals surface area (Å²) in [6.45, 7) is 2.89. The third-order valence-corrected chi connectivity index (χ3v) is 6.33. The number of aromatic nitrogens is 6. The van der Waals surface area contributed by atoms with Crippen LogP contribution in [0.15, 0.2) is 53.4 Å². The standard InChI is InChI=1S/C25H23N9O2/c1-14-7-20(25-27-4-6-36-25)28-12-18(14)15-8-16-10-21(30-31-24(16)19(26)9-15)29-22-11-17-3-5-33(2)23(35)13-34(17)32-22/h4,6-12H,3,5,13,26H2,1-2H3,(H,29,30,32). The molecule has 5 heterocycles. The summed E-state index contributed by atoms with van der Waals surface area (Å²) in [4.78, 5) is 22.6.